The number of carbonyl (C=O) groups excluding carboxylic acids is 4. The standard InChI is InChI=1S/C25H27BClN5O10/c1-28-7-8-31-9-10-32(23(37)22(31)36)25(40)30-18(13-5-6-15(33)19(34)17(13)27)21(35)29-16-11-12-3-2-4-14(24(38)39)20(12)42-26(16)41/h2-6,16,18,28,33-34,41H,7-11H2,1H3,(H,29,35)(H,30,40)(H,38,39)/t16-,18?/m0/s1. The van der Waals surface area contributed by atoms with Gasteiger partial charge in [0.1, 0.15) is 11.8 Å². The summed E-state index contributed by atoms with van der Waals surface area (Å²) in [5.41, 5.74) is 0.0220. The number of imide groups is 1. The number of carboxylic acid groups (broad SMARTS) is 1. The lowest BCUT2D eigenvalue weighted by atomic mass is 9.72. The van der Waals surface area contributed by atoms with E-state index in [0.29, 0.717) is 17.0 Å². The lowest BCUT2D eigenvalue weighted by molar-refractivity contribution is -0.153. The number of phenolic OH excluding ortho intramolecular Hbond substituents is 2. The number of benzene rings is 2. The van der Waals surface area contributed by atoms with Crippen LogP contribution in [0.15, 0.2) is 30.3 Å². The summed E-state index contributed by atoms with van der Waals surface area (Å²) in [6.45, 7) is 0.559. The number of phenols is 2. The number of fused-ring (bicyclic) bond motifs is 1. The molecule has 2 aliphatic heterocycles. The molecule has 222 valence electrons. The highest BCUT2D eigenvalue weighted by atomic mass is 35.5. The van der Waals surface area contributed by atoms with Crippen molar-refractivity contribution in [2.24, 2.45) is 0 Å². The normalized spacial score (nSPS) is 17.3. The fraction of sp³-hybridized carbons (Fsp3) is 0.320. The molecule has 0 aliphatic carbocycles. The molecule has 0 radical (unpaired) electrons. The molecule has 42 heavy (non-hydrogen) atoms. The third-order valence-electron chi connectivity index (χ3n) is 6.83. The number of amides is 5. The average Bonchev–Trinajstić information content (AvgIpc) is 2.95. The van der Waals surface area contributed by atoms with Gasteiger partial charge in [0.2, 0.25) is 5.91 Å². The zero-order valence-corrected chi connectivity index (χ0v) is 22.9. The molecule has 0 spiro atoms. The van der Waals surface area contributed by atoms with E-state index in [2.05, 4.69) is 16.0 Å². The summed E-state index contributed by atoms with van der Waals surface area (Å²) < 4.78 is 5.40. The number of hydrogen-bond donors (Lipinski definition) is 7. The lowest BCUT2D eigenvalue weighted by Crippen LogP contribution is -2.60. The van der Waals surface area contributed by atoms with Gasteiger partial charge in [-0.05, 0) is 31.2 Å². The van der Waals surface area contributed by atoms with Crippen LogP contribution >= 0.6 is 11.6 Å². The molecular formula is C25H27BClN5O10. The molecule has 0 aromatic heterocycles. The molecule has 2 heterocycles. The SMILES string of the molecule is CNCCN1CCN(C(=O)NC(C(=O)N[C@H]2Cc3cccc(C(=O)O)c3OB2O)c2ccc(O)c(O)c2Cl)C(=O)C1=O. The maximum absolute atomic E-state index is 13.6. The molecule has 2 aromatic carbocycles. The highest BCUT2D eigenvalue weighted by molar-refractivity contribution is 6.47. The average molecular weight is 604 g/mol. The van der Waals surface area contributed by atoms with Gasteiger partial charge in [0.25, 0.3) is 0 Å². The van der Waals surface area contributed by atoms with Crippen LogP contribution in [0.2, 0.25) is 5.02 Å². The number of hydrogen-bond acceptors (Lipinski definition) is 10. The molecule has 4 rings (SSSR count). The van der Waals surface area contributed by atoms with Gasteiger partial charge in [-0.2, -0.15) is 0 Å². The maximum atomic E-state index is 13.6. The Bertz CT molecular complexity index is 1440. The number of rotatable bonds is 8. The Kier molecular flexibility index (Phi) is 9.09. The van der Waals surface area contributed by atoms with E-state index in [4.69, 9.17) is 16.3 Å². The topological polar surface area (TPSA) is 218 Å². The summed E-state index contributed by atoms with van der Waals surface area (Å²) in [6.07, 6.45) is -0.0554. The highest BCUT2D eigenvalue weighted by Gasteiger charge is 2.41. The van der Waals surface area contributed by atoms with Crippen LogP contribution < -0.4 is 20.6 Å². The Hall–Kier alpha value is -4.54. The van der Waals surface area contributed by atoms with Crippen molar-refractivity contribution in [2.45, 2.75) is 18.4 Å². The summed E-state index contributed by atoms with van der Waals surface area (Å²) >= 11 is 6.19. The van der Waals surface area contributed by atoms with Crippen molar-refractivity contribution >= 4 is 48.4 Å². The zero-order chi connectivity index (χ0) is 30.7. The zero-order valence-electron chi connectivity index (χ0n) is 22.2. The number of likely N-dealkylation sites (N-methyl/N-ethyl adjacent to an activating group) is 1. The van der Waals surface area contributed by atoms with Crippen LogP contribution in [-0.2, 0) is 20.8 Å². The second kappa shape index (κ2) is 12.5. The minimum Gasteiger partial charge on any atom is -0.534 e. The second-order valence-corrected chi connectivity index (χ2v) is 9.88. The van der Waals surface area contributed by atoms with Crippen LogP contribution in [0.4, 0.5) is 4.79 Å². The molecule has 15 nitrogen and oxygen atoms in total. The van der Waals surface area contributed by atoms with Crippen molar-refractivity contribution in [3.8, 4) is 17.2 Å². The number of nitrogens with one attached hydrogen (secondary N) is 3. The number of aromatic carboxylic acids is 1. The smallest absolute Gasteiger partial charge is 0.534 e. The summed E-state index contributed by atoms with van der Waals surface area (Å²) in [6, 6.07) is 3.71. The second-order valence-electron chi connectivity index (χ2n) is 9.50. The molecule has 1 fully saturated rings. The number of para-hydroxylation sites is 1. The summed E-state index contributed by atoms with van der Waals surface area (Å²) in [4.78, 5) is 65.4. The first-order valence-electron chi connectivity index (χ1n) is 12.7. The van der Waals surface area contributed by atoms with Gasteiger partial charge >= 0.3 is 30.9 Å². The summed E-state index contributed by atoms with van der Waals surface area (Å²) in [7, 11) is -0.00958. The van der Waals surface area contributed by atoms with Gasteiger partial charge < -0.3 is 45.8 Å². The fourth-order valence-corrected chi connectivity index (χ4v) is 4.86. The third kappa shape index (κ3) is 6.05. The van der Waals surface area contributed by atoms with E-state index in [9.17, 15) is 44.3 Å². The first-order chi connectivity index (χ1) is 19.9. The Labute approximate surface area is 244 Å². The van der Waals surface area contributed by atoms with Gasteiger partial charge in [0.15, 0.2) is 11.5 Å². The first kappa shape index (κ1) is 30.4. The van der Waals surface area contributed by atoms with E-state index >= 15 is 0 Å². The van der Waals surface area contributed by atoms with E-state index in [1.807, 2.05) is 0 Å². The van der Waals surface area contributed by atoms with Crippen LogP contribution in [0.25, 0.3) is 0 Å². The van der Waals surface area contributed by atoms with Gasteiger partial charge in [-0.3, -0.25) is 19.3 Å². The number of aromatic hydroxyl groups is 2. The molecule has 5 amide bonds. The number of piperazine rings is 1. The van der Waals surface area contributed by atoms with Crippen LogP contribution in [-0.4, -0.2) is 106 Å². The van der Waals surface area contributed by atoms with E-state index in [-0.39, 0.29) is 42.9 Å². The molecule has 2 aliphatic rings. The van der Waals surface area contributed by atoms with E-state index < -0.39 is 65.3 Å². The quantitative estimate of drug-likeness (QED) is 0.113. The summed E-state index contributed by atoms with van der Waals surface area (Å²) in [5.74, 6) is -6.83. The predicted octanol–water partition coefficient (Wildman–Crippen LogP) is -0.770. The molecule has 2 aromatic rings. The van der Waals surface area contributed by atoms with Crippen LogP contribution in [0.3, 0.4) is 0 Å². The molecule has 2 atom stereocenters. The molecule has 1 saturated heterocycles. The Morgan fingerprint density at radius 1 is 1.14 bits per heavy atom. The predicted molar refractivity (Wildman–Crippen MR) is 146 cm³/mol. The first-order valence-corrected chi connectivity index (χ1v) is 13.1. The van der Waals surface area contributed by atoms with E-state index in [1.165, 1.54) is 17.0 Å². The molecule has 1 unspecified atom stereocenters. The minimum absolute atomic E-state index is 0.0554. The van der Waals surface area contributed by atoms with Gasteiger partial charge in [-0.15, -0.1) is 0 Å². The Morgan fingerprint density at radius 3 is 2.57 bits per heavy atom. The molecule has 17 heteroatoms. The van der Waals surface area contributed by atoms with Gasteiger partial charge in [0.05, 0.1) is 16.5 Å². The van der Waals surface area contributed by atoms with Crippen molar-refractivity contribution in [3.63, 3.8) is 0 Å². The number of carbonyl (C=O) groups is 5. The van der Waals surface area contributed by atoms with Crippen molar-refractivity contribution in [1.29, 1.82) is 0 Å². The monoisotopic (exact) mass is 603 g/mol. The fourth-order valence-electron chi connectivity index (χ4n) is 4.59. The van der Waals surface area contributed by atoms with Crippen molar-refractivity contribution in [3.05, 3.63) is 52.0 Å². The molecular weight excluding hydrogens is 577 g/mol. The van der Waals surface area contributed by atoms with Crippen LogP contribution in [0.5, 0.6) is 17.2 Å². The highest BCUT2D eigenvalue weighted by Crippen LogP contribution is 2.38. The Morgan fingerprint density at radius 2 is 1.88 bits per heavy atom. The largest absolute Gasteiger partial charge is 0.547 e. The van der Waals surface area contributed by atoms with Crippen LogP contribution in [0, 0.1) is 0 Å². The van der Waals surface area contributed by atoms with Crippen LogP contribution in [0.1, 0.15) is 27.5 Å². The van der Waals surface area contributed by atoms with E-state index in [0.717, 1.165) is 12.1 Å². The number of halogens is 1. The van der Waals surface area contributed by atoms with E-state index in [1.54, 1.807) is 13.1 Å². The summed E-state index contributed by atoms with van der Waals surface area (Å²) in [5, 5.41) is 47.2. The molecule has 7 N–H and O–H groups in total. The molecule has 0 bridgehead atoms. The molecule has 0 saturated carbocycles. The number of urea groups is 1. The van der Waals surface area contributed by atoms with Crippen molar-refractivity contribution in [1.82, 2.24) is 25.8 Å². The maximum Gasteiger partial charge on any atom is 0.547 e. The minimum atomic E-state index is -1.69. The van der Waals surface area contributed by atoms with Crippen molar-refractivity contribution < 1.29 is 49.0 Å². The lowest BCUT2D eigenvalue weighted by Gasteiger charge is -2.34. The number of carboxylic acids is 1. The Balaban J connectivity index is 1.58. The van der Waals surface area contributed by atoms with Gasteiger partial charge in [0, 0.05) is 31.7 Å². The van der Waals surface area contributed by atoms with Gasteiger partial charge in [-0.1, -0.05) is 29.8 Å². The van der Waals surface area contributed by atoms with Gasteiger partial charge in [-0.25, -0.2) is 9.59 Å². The van der Waals surface area contributed by atoms with Crippen molar-refractivity contribution in [2.75, 3.05) is 33.2 Å². The number of nitrogens with zero attached hydrogens (tertiary/aromatic N) is 2. The third-order valence-corrected chi connectivity index (χ3v) is 7.23.